The predicted molar refractivity (Wildman–Crippen MR) is 58.1 cm³/mol. The molecule has 74 valence electrons. The zero-order chi connectivity index (χ0) is 10.4. The Hall–Kier alpha value is -1.01. The van der Waals surface area contributed by atoms with Gasteiger partial charge in [-0.1, -0.05) is 29.7 Å². The number of aliphatic hydroxyl groups excluding tert-OH is 1. The Bertz CT molecular complexity index is 315. The molecule has 3 heteroatoms. The fourth-order valence-electron chi connectivity index (χ4n) is 1.17. The molecule has 14 heavy (non-hydrogen) atoms. The van der Waals surface area contributed by atoms with Gasteiger partial charge in [-0.25, -0.2) is 0 Å². The van der Waals surface area contributed by atoms with E-state index in [-0.39, 0.29) is 12.6 Å². The second-order valence-corrected chi connectivity index (χ2v) is 3.31. The first-order valence-electron chi connectivity index (χ1n) is 4.31. The summed E-state index contributed by atoms with van der Waals surface area (Å²) in [6.45, 7) is 0.456. The average Bonchev–Trinajstić information content (AvgIpc) is 2.21. The van der Waals surface area contributed by atoms with Crippen LogP contribution in [0.5, 0.6) is 0 Å². The number of rotatable bonds is 4. The zero-order valence-corrected chi connectivity index (χ0v) is 8.46. The van der Waals surface area contributed by atoms with E-state index < -0.39 is 0 Å². The Kier molecular flexibility index (Phi) is 4.48. The van der Waals surface area contributed by atoms with Crippen LogP contribution in [-0.4, -0.2) is 18.3 Å². The molecule has 2 N–H and O–H groups in total. The van der Waals surface area contributed by atoms with E-state index in [2.05, 4.69) is 11.2 Å². The summed E-state index contributed by atoms with van der Waals surface area (Å²) in [6, 6.07) is 7.19. The minimum atomic E-state index is -0.122. The van der Waals surface area contributed by atoms with Crippen LogP contribution in [0.4, 0.5) is 0 Å². The molecule has 1 rings (SSSR count). The smallest absolute Gasteiger partial charge is 0.0626 e. The van der Waals surface area contributed by atoms with Gasteiger partial charge in [-0.2, -0.15) is 0 Å². The Morgan fingerprint density at radius 2 is 2.07 bits per heavy atom. The van der Waals surface area contributed by atoms with E-state index in [1.807, 2.05) is 12.1 Å². The van der Waals surface area contributed by atoms with Crippen LogP contribution in [-0.2, 0) is 0 Å². The minimum Gasteiger partial charge on any atom is -0.394 e. The van der Waals surface area contributed by atoms with E-state index in [0.29, 0.717) is 11.6 Å². The van der Waals surface area contributed by atoms with Crippen LogP contribution in [0.15, 0.2) is 24.3 Å². The van der Waals surface area contributed by atoms with E-state index in [1.54, 1.807) is 12.1 Å². The molecule has 0 aliphatic heterocycles. The molecule has 1 atom stereocenters. The van der Waals surface area contributed by atoms with E-state index in [9.17, 15) is 0 Å². The number of nitrogens with one attached hydrogen (secondary N) is 1. The van der Waals surface area contributed by atoms with Crippen molar-refractivity contribution in [3.8, 4) is 12.3 Å². The van der Waals surface area contributed by atoms with Crippen LogP contribution in [0.1, 0.15) is 11.6 Å². The van der Waals surface area contributed by atoms with Gasteiger partial charge in [0.1, 0.15) is 0 Å². The first-order valence-corrected chi connectivity index (χ1v) is 4.69. The zero-order valence-electron chi connectivity index (χ0n) is 7.70. The summed E-state index contributed by atoms with van der Waals surface area (Å²) in [6.07, 6.45) is 5.12. The molecule has 0 heterocycles. The fraction of sp³-hybridized carbons (Fsp3) is 0.273. The third-order valence-corrected chi connectivity index (χ3v) is 2.16. The molecule has 0 fully saturated rings. The van der Waals surface area contributed by atoms with E-state index in [1.165, 1.54) is 0 Å². The van der Waals surface area contributed by atoms with E-state index in [0.717, 1.165) is 5.56 Å². The van der Waals surface area contributed by atoms with Gasteiger partial charge in [0.15, 0.2) is 0 Å². The molecule has 1 aromatic carbocycles. The van der Waals surface area contributed by atoms with Crippen LogP contribution in [0.2, 0.25) is 5.02 Å². The van der Waals surface area contributed by atoms with E-state index >= 15 is 0 Å². The molecule has 1 aromatic rings. The van der Waals surface area contributed by atoms with Gasteiger partial charge in [-0.05, 0) is 17.7 Å². The number of benzene rings is 1. The maximum atomic E-state index is 9.11. The highest BCUT2D eigenvalue weighted by atomic mass is 35.5. The lowest BCUT2D eigenvalue weighted by Crippen LogP contribution is -2.24. The van der Waals surface area contributed by atoms with Gasteiger partial charge in [-0.15, -0.1) is 6.42 Å². The van der Waals surface area contributed by atoms with Gasteiger partial charge in [-0.3, -0.25) is 5.32 Å². The van der Waals surface area contributed by atoms with Gasteiger partial charge in [0.05, 0.1) is 19.2 Å². The van der Waals surface area contributed by atoms with Crippen LogP contribution in [0.25, 0.3) is 0 Å². The van der Waals surface area contributed by atoms with Gasteiger partial charge >= 0.3 is 0 Å². The largest absolute Gasteiger partial charge is 0.394 e. The highest BCUT2D eigenvalue weighted by Gasteiger charge is 2.07. The maximum absolute atomic E-state index is 9.11. The molecular weight excluding hydrogens is 198 g/mol. The lowest BCUT2D eigenvalue weighted by Gasteiger charge is -2.14. The fourth-order valence-corrected chi connectivity index (χ4v) is 1.29. The standard InChI is InChI=1S/C11H12ClNO/c1-2-7-13-11(8-14)9-3-5-10(12)6-4-9/h1,3-6,11,13-14H,7-8H2/t11-/m1/s1. The summed E-state index contributed by atoms with van der Waals surface area (Å²) in [5.74, 6) is 2.47. The van der Waals surface area contributed by atoms with Crippen molar-refractivity contribution in [2.75, 3.05) is 13.2 Å². The molecule has 0 spiro atoms. The van der Waals surface area contributed by atoms with Crippen molar-refractivity contribution < 1.29 is 5.11 Å². The molecule has 0 saturated carbocycles. The van der Waals surface area contributed by atoms with Gasteiger partial charge in [0, 0.05) is 5.02 Å². The number of terminal acetylenes is 1. The Labute approximate surface area is 88.9 Å². The third kappa shape index (κ3) is 3.04. The topological polar surface area (TPSA) is 32.3 Å². The lowest BCUT2D eigenvalue weighted by molar-refractivity contribution is 0.248. The van der Waals surface area contributed by atoms with Crippen molar-refractivity contribution >= 4 is 11.6 Å². The maximum Gasteiger partial charge on any atom is 0.0626 e. The summed E-state index contributed by atoms with van der Waals surface area (Å²) < 4.78 is 0. The summed E-state index contributed by atoms with van der Waals surface area (Å²) in [5.41, 5.74) is 0.979. The van der Waals surface area contributed by atoms with Crippen LogP contribution >= 0.6 is 11.6 Å². The highest BCUT2D eigenvalue weighted by molar-refractivity contribution is 6.30. The van der Waals surface area contributed by atoms with Crippen molar-refractivity contribution in [1.82, 2.24) is 5.32 Å². The van der Waals surface area contributed by atoms with Crippen LogP contribution in [0.3, 0.4) is 0 Å². The molecule has 0 unspecified atom stereocenters. The monoisotopic (exact) mass is 209 g/mol. The Morgan fingerprint density at radius 3 is 2.57 bits per heavy atom. The average molecular weight is 210 g/mol. The molecule has 0 radical (unpaired) electrons. The Balaban J connectivity index is 2.69. The normalized spacial score (nSPS) is 12.1. The van der Waals surface area contributed by atoms with Crippen LogP contribution < -0.4 is 5.32 Å². The number of aliphatic hydroxyl groups is 1. The number of hydrogen-bond donors (Lipinski definition) is 2. The predicted octanol–water partition coefficient (Wildman–Crippen LogP) is 1.60. The van der Waals surface area contributed by atoms with Crippen molar-refractivity contribution in [2.24, 2.45) is 0 Å². The first-order chi connectivity index (χ1) is 6.77. The van der Waals surface area contributed by atoms with Gasteiger partial charge in [0.2, 0.25) is 0 Å². The summed E-state index contributed by atoms with van der Waals surface area (Å²) in [4.78, 5) is 0. The molecular formula is C11H12ClNO. The van der Waals surface area contributed by atoms with Crippen LogP contribution in [0, 0.1) is 12.3 Å². The molecule has 0 aliphatic rings. The van der Waals surface area contributed by atoms with E-state index in [4.69, 9.17) is 23.1 Å². The summed E-state index contributed by atoms with van der Waals surface area (Å²) >= 11 is 5.75. The van der Waals surface area contributed by atoms with Gasteiger partial charge < -0.3 is 5.11 Å². The van der Waals surface area contributed by atoms with Crippen molar-refractivity contribution in [3.63, 3.8) is 0 Å². The molecule has 2 nitrogen and oxygen atoms in total. The molecule has 0 amide bonds. The van der Waals surface area contributed by atoms with Crippen molar-refractivity contribution in [1.29, 1.82) is 0 Å². The van der Waals surface area contributed by atoms with Gasteiger partial charge in [0.25, 0.3) is 0 Å². The minimum absolute atomic E-state index is 0.0172. The molecule has 0 bridgehead atoms. The second-order valence-electron chi connectivity index (χ2n) is 2.87. The SMILES string of the molecule is C#CCN[C@H](CO)c1ccc(Cl)cc1. The number of hydrogen-bond acceptors (Lipinski definition) is 2. The summed E-state index contributed by atoms with van der Waals surface area (Å²) in [5, 5.41) is 12.8. The first kappa shape index (κ1) is 11.1. The lowest BCUT2D eigenvalue weighted by atomic mass is 10.1. The highest BCUT2D eigenvalue weighted by Crippen LogP contribution is 2.15. The summed E-state index contributed by atoms with van der Waals surface area (Å²) in [7, 11) is 0. The molecule has 0 saturated heterocycles. The number of halogens is 1. The third-order valence-electron chi connectivity index (χ3n) is 1.91. The molecule has 0 aromatic heterocycles. The Morgan fingerprint density at radius 1 is 1.43 bits per heavy atom. The molecule has 0 aliphatic carbocycles. The second kappa shape index (κ2) is 5.66. The van der Waals surface area contributed by atoms with Crippen molar-refractivity contribution in [3.05, 3.63) is 34.9 Å². The van der Waals surface area contributed by atoms with Crippen molar-refractivity contribution in [2.45, 2.75) is 6.04 Å². The quantitative estimate of drug-likeness (QED) is 0.739.